The Morgan fingerprint density at radius 2 is 1.46 bits per heavy atom. The molecule has 0 spiro atoms. The highest BCUT2D eigenvalue weighted by Crippen LogP contribution is 2.26. The van der Waals surface area contributed by atoms with Crippen molar-refractivity contribution in [3.05, 3.63) is 11.6 Å². The zero-order valence-electron chi connectivity index (χ0n) is 17.5. The van der Waals surface area contributed by atoms with Gasteiger partial charge in [-0.15, -0.1) is 0 Å². The van der Waals surface area contributed by atoms with Crippen molar-refractivity contribution in [3.63, 3.8) is 0 Å². The highest BCUT2D eigenvalue weighted by Gasteiger charge is 2.25. The number of hydrogen-bond acceptors (Lipinski definition) is 2. The van der Waals surface area contributed by atoms with Crippen molar-refractivity contribution in [2.24, 2.45) is 16.3 Å². The van der Waals surface area contributed by atoms with Crippen LogP contribution in [-0.4, -0.2) is 33.6 Å². The SMILES string of the molecule is CC(C=C(C[Si](C)(C)C)C[Si](C)(C)C)CN=C(Cl)C(=O)C(C)(C)C. The van der Waals surface area contributed by atoms with E-state index in [2.05, 4.69) is 57.3 Å². The van der Waals surface area contributed by atoms with Crippen LogP contribution in [0.3, 0.4) is 0 Å². The topological polar surface area (TPSA) is 29.4 Å². The summed E-state index contributed by atoms with van der Waals surface area (Å²) in [5.41, 5.74) is 1.12. The number of rotatable bonds is 8. The molecule has 1 unspecified atom stereocenters. The first-order valence-corrected chi connectivity index (χ1v) is 16.7. The average Bonchev–Trinajstić information content (AvgIpc) is 2.29. The summed E-state index contributed by atoms with van der Waals surface area (Å²) in [5, 5.41) is 0.139. The average molecular weight is 388 g/mol. The number of aliphatic imine (C=N–C) groups is 1. The summed E-state index contributed by atoms with van der Waals surface area (Å²) in [7, 11) is -2.27. The van der Waals surface area contributed by atoms with Gasteiger partial charge in [-0.25, -0.2) is 0 Å². The van der Waals surface area contributed by atoms with Gasteiger partial charge in [-0.2, -0.15) is 0 Å². The third kappa shape index (κ3) is 11.4. The molecular formula is C19H38ClNOSi2. The van der Waals surface area contributed by atoms with Crippen molar-refractivity contribution in [2.75, 3.05) is 6.54 Å². The molecule has 0 amide bonds. The molecule has 0 radical (unpaired) electrons. The summed E-state index contributed by atoms with van der Waals surface area (Å²) in [6.45, 7) is 22.9. The van der Waals surface area contributed by atoms with Gasteiger partial charge in [0.2, 0.25) is 0 Å². The van der Waals surface area contributed by atoms with Crippen molar-refractivity contribution >= 4 is 38.7 Å². The smallest absolute Gasteiger partial charge is 0.197 e. The van der Waals surface area contributed by atoms with E-state index in [-0.39, 0.29) is 11.0 Å². The van der Waals surface area contributed by atoms with E-state index in [4.69, 9.17) is 11.6 Å². The molecule has 0 saturated carbocycles. The molecule has 0 aromatic heterocycles. The number of Topliss-reactive ketones (excluding diaryl/α,β-unsaturated/α-hetero) is 1. The lowest BCUT2D eigenvalue weighted by Gasteiger charge is -2.24. The standard InChI is InChI=1S/C19H38ClNOSi2/c1-15(12-21-18(20)17(22)19(2,3)4)11-16(13-23(5,6)7)14-24(8,9)10/h11,15H,12-14H2,1-10H3. The Kier molecular flexibility index (Phi) is 8.88. The molecule has 0 aromatic carbocycles. The zero-order chi connectivity index (χ0) is 19.3. The molecule has 0 bridgehead atoms. The fourth-order valence-corrected chi connectivity index (χ4v) is 6.42. The van der Waals surface area contributed by atoms with Crippen LogP contribution in [0.5, 0.6) is 0 Å². The third-order valence-electron chi connectivity index (χ3n) is 3.42. The second kappa shape index (κ2) is 8.95. The number of hydrogen-bond donors (Lipinski definition) is 0. The molecule has 24 heavy (non-hydrogen) atoms. The zero-order valence-corrected chi connectivity index (χ0v) is 20.3. The summed E-state index contributed by atoms with van der Waals surface area (Å²) in [6.07, 6.45) is 2.39. The van der Waals surface area contributed by atoms with Crippen LogP contribution in [0.2, 0.25) is 51.4 Å². The molecule has 0 rings (SSSR count). The van der Waals surface area contributed by atoms with Crippen molar-refractivity contribution < 1.29 is 4.79 Å². The Morgan fingerprint density at radius 1 is 1.04 bits per heavy atom. The molecule has 0 N–H and O–H groups in total. The predicted molar refractivity (Wildman–Crippen MR) is 116 cm³/mol. The van der Waals surface area contributed by atoms with E-state index in [0.29, 0.717) is 12.5 Å². The minimum absolute atomic E-state index is 0.0789. The fraction of sp³-hybridized carbons (Fsp3) is 0.789. The highest BCUT2D eigenvalue weighted by molar-refractivity contribution is 6.83. The minimum Gasteiger partial charge on any atom is -0.291 e. The van der Waals surface area contributed by atoms with Crippen LogP contribution >= 0.6 is 11.6 Å². The van der Waals surface area contributed by atoms with Gasteiger partial charge in [0.1, 0.15) is 0 Å². The van der Waals surface area contributed by atoms with Gasteiger partial charge in [-0.05, 0) is 18.0 Å². The van der Waals surface area contributed by atoms with Crippen molar-refractivity contribution in [1.29, 1.82) is 0 Å². The lowest BCUT2D eigenvalue weighted by atomic mass is 9.91. The number of ketones is 1. The predicted octanol–water partition coefficient (Wildman–Crippen LogP) is 6.48. The lowest BCUT2D eigenvalue weighted by molar-refractivity contribution is -0.119. The lowest BCUT2D eigenvalue weighted by Crippen LogP contribution is -2.26. The molecule has 0 aliphatic heterocycles. The largest absolute Gasteiger partial charge is 0.291 e. The fourth-order valence-electron chi connectivity index (χ4n) is 2.60. The Bertz CT molecular complexity index is 473. The number of nitrogens with zero attached hydrogens (tertiary/aromatic N) is 1. The Hall–Kier alpha value is -0.196. The molecule has 140 valence electrons. The maximum Gasteiger partial charge on any atom is 0.197 e. The molecule has 0 fully saturated rings. The van der Waals surface area contributed by atoms with Crippen LogP contribution in [0.4, 0.5) is 0 Å². The van der Waals surface area contributed by atoms with E-state index in [1.54, 1.807) is 5.57 Å². The van der Waals surface area contributed by atoms with Crippen LogP contribution < -0.4 is 0 Å². The number of carbonyl (C=O) groups excluding carboxylic acids is 1. The van der Waals surface area contributed by atoms with Crippen LogP contribution in [0.25, 0.3) is 0 Å². The molecule has 0 saturated heterocycles. The molecule has 2 nitrogen and oxygen atoms in total. The first-order chi connectivity index (χ1) is 10.5. The van der Waals surface area contributed by atoms with Gasteiger partial charge in [0, 0.05) is 28.1 Å². The van der Waals surface area contributed by atoms with Crippen LogP contribution in [0, 0.1) is 11.3 Å². The molecular weight excluding hydrogens is 350 g/mol. The number of carbonyl (C=O) groups is 1. The number of allylic oxidation sites excluding steroid dienone is 1. The van der Waals surface area contributed by atoms with Crippen LogP contribution in [0.15, 0.2) is 16.6 Å². The van der Waals surface area contributed by atoms with Crippen LogP contribution in [-0.2, 0) is 4.79 Å². The van der Waals surface area contributed by atoms with Gasteiger partial charge in [-0.1, -0.05) is 90.2 Å². The summed E-state index contributed by atoms with van der Waals surface area (Å²) >= 11 is 6.10. The molecule has 1 atom stereocenters. The summed E-state index contributed by atoms with van der Waals surface area (Å²) in [4.78, 5) is 16.5. The highest BCUT2D eigenvalue weighted by atomic mass is 35.5. The summed E-state index contributed by atoms with van der Waals surface area (Å²) < 4.78 is 0. The quantitative estimate of drug-likeness (QED) is 0.266. The molecule has 0 heterocycles. The van der Waals surface area contributed by atoms with Crippen LogP contribution in [0.1, 0.15) is 27.7 Å². The van der Waals surface area contributed by atoms with Crippen molar-refractivity contribution in [2.45, 2.75) is 79.1 Å². The van der Waals surface area contributed by atoms with Gasteiger partial charge >= 0.3 is 0 Å². The molecule has 0 aromatic rings. The second-order valence-corrected chi connectivity index (χ2v) is 21.8. The minimum atomic E-state index is -1.14. The third-order valence-corrected chi connectivity index (χ3v) is 6.74. The Balaban J connectivity index is 5.11. The van der Waals surface area contributed by atoms with E-state index >= 15 is 0 Å². The van der Waals surface area contributed by atoms with Gasteiger partial charge in [0.05, 0.1) is 0 Å². The first kappa shape index (κ1) is 23.8. The molecule has 0 aliphatic carbocycles. The van der Waals surface area contributed by atoms with Crippen molar-refractivity contribution in [3.8, 4) is 0 Å². The van der Waals surface area contributed by atoms with Gasteiger partial charge in [-0.3, -0.25) is 9.79 Å². The van der Waals surface area contributed by atoms with Gasteiger partial charge < -0.3 is 0 Å². The maximum atomic E-state index is 12.1. The van der Waals surface area contributed by atoms with E-state index in [0.717, 1.165) is 0 Å². The first-order valence-electron chi connectivity index (χ1n) is 8.95. The van der Waals surface area contributed by atoms with E-state index < -0.39 is 21.6 Å². The van der Waals surface area contributed by atoms with Gasteiger partial charge in [0.25, 0.3) is 0 Å². The summed E-state index contributed by atoms with van der Waals surface area (Å²) in [6, 6.07) is 2.50. The molecule has 5 heteroatoms. The molecule has 0 aliphatic rings. The Labute approximate surface area is 157 Å². The second-order valence-electron chi connectivity index (χ2n) is 10.5. The van der Waals surface area contributed by atoms with E-state index in [9.17, 15) is 4.79 Å². The van der Waals surface area contributed by atoms with Crippen molar-refractivity contribution in [1.82, 2.24) is 0 Å². The van der Waals surface area contributed by atoms with E-state index in [1.807, 2.05) is 20.8 Å². The maximum absolute atomic E-state index is 12.1. The monoisotopic (exact) mass is 387 g/mol. The normalized spacial score (nSPS) is 15.2. The van der Waals surface area contributed by atoms with Gasteiger partial charge in [0.15, 0.2) is 11.0 Å². The summed E-state index contributed by atoms with van der Waals surface area (Å²) in [5.74, 6) is 0.235. The van der Waals surface area contributed by atoms with E-state index in [1.165, 1.54) is 12.1 Å². The Morgan fingerprint density at radius 3 is 1.79 bits per heavy atom. The number of halogens is 1.